The minimum Gasteiger partial charge on any atom is -0.497 e. The molecular weight excluding hydrogens is 294 g/mol. The first-order valence-electron chi connectivity index (χ1n) is 6.36. The van der Waals surface area contributed by atoms with E-state index in [0.717, 1.165) is 41.8 Å². The summed E-state index contributed by atoms with van der Waals surface area (Å²) in [4.78, 5) is 0. The van der Waals surface area contributed by atoms with Gasteiger partial charge in [0.1, 0.15) is 17.1 Å². The molecule has 1 aromatic rings. The lowest BCUT2D eigenvalue weighted by atomic mass is 9.77. The molecule has 0 amide bonds. The minimum atomic E-state index is 0.0279. The molecule has 100 valence electrons. The minimum absolute atomic E-state index is 0.0279. The zero-order chi connectivity index (χ0) is 13.0. The topological polar surface area (TPSA) is 30.5 Å². The Morgan fingerprint density at radius 2 is 2.17 bits per heavy atom. The van der Waals surface area contributed by atoms with Gasteiger partial charge in [0.15, 0.2) is 0 Å². The zero-order valence-corrected chi connectivity index (χ0v) is 12.5. The van der Waals surface area contributed by atoms with Crippen molar-refractivity contribution in [2.45, 2.75) is 31.3 Å². The van der Waals surface area contributed by atoms with E-state index in [1.54, 1.807) is 7.11 Å². The van der Waals surface area contributed by atoms with Crippen LogP contribution in [0.2, 0.25) is 0 Å². The van der Waals surface area contributed by atoms with Crippen LogP contribution in [0.4, 0.5) is 0 Å². The van der Waals surface area contributed by atoms with Gasteiger partial charge < -0.3 is 14.8 Å². The summed E-state index contributed by atoms with van der Waals surface area (Å²) in [7, 11) is 3.65. The number of nitrogens with one attached hydrogen (secondary N) is 1. The van der Waals surface area contributed by atoms with Crippen LogP contribution in [-0.4, -0.2) is 26.3 Å². The van der Waals surface area contributed by atoms with Gasteiger partial charge in [-0.2, -0.15) is 0 Å². The summed E-state index contributed by atoms with van der Waals surface area (Å²) < 4.78 is 12.4. The van der Waals surface area contributed by atoms with E-state index in [2.05, 4.69) is 21.2 Å². The van der Waals surface area contributed by atoms with Gasteiger partial charge in [-0.05, 0) is 73.4 Å². The molecule has 3 nitrogen and oxygen atoms in total. The van der Waals surface area contributed by atoms with E-state index < -0.39 is 0 Å². The smallest absolute Gasteiger partial charge is 0.134 e. The van der Waals surface area contributed by atoms with Crippen LogP contribution in [0, 0.1) is 0 Å². The first kappa shape index (κ1) is 13.7. The molecule has 0 heterocycles. The van der Waals surface area contributed by atoms with Crippen LogP contribution in [0.15, 0.2) is 22.7 Å². The molecule has 0 radical (unpaired) electrons. The Bertz CT molecular complexity index is 405. The van der Waals surface area contributed by atoms with Gasteiger partial charge in [-0.25, -0.2) is 0 Å². The molecule has 0 aliphatic heterocycles. The fourth-order valence-corrected chi connectivity index (χ4v) is 2.69. The molecule has 1 aromatic carbocycles. The number of rotatable bonds is 6. The fourth-order valence-electron chi connectivity index (χ4n) is 2.25. The molecule has 1 N–H and O–H groups in total. The predicted octanol–water partition coefficient (Wildman–Crippen LogP) is 3.37. The molecule has 4 heteroatoms. The second-order valence-corrected chi connectivity index (χ2v) is 5.64. The maximum Gasteiger partial charge on any atom is 0.134 e. The molecule has 18 heavy (non-hydrogen) atoms. The first-order chi connectivity index (χ1) is 8.69. The molecule has 1 aliphatic carbocycles. The summed E-state index contributed by atoms with van der Waals surface area (Å²) in [5.74, 6) is 1.75. The molecule has 0 bridgehead atoms. The molecule has 0 atom stereocenters. The van der Waals surface area contributed by atoms with Crippen molar-refractivity contribution in [3.8, 4) is 11.5 Å². The lowest BCUT2D eigenvalue weighted by Crippen LogP contribution is -2.45. The number of halogens is 1. The van der Waals surface area contributed by atoms with Crippen molar-refractivity contribution in [3.63, 3.8) is 0 Å². The monoisotopic (exact) mass is 313 g/mol. The van der Waals surface area contributed by atoms with E-state index in [9.17, 15) is 0 Å². The highest BCUT2D eigenvalue weighted by atomic mass is 79.9. The summed E-state index contributed by atoms with van der Waals surface area (Å²) in [5, 5.41) is 3.20. The van der Waals surface area contributed by atoms with Crippen molar-refractivity contribution in [1.29, 1.82) is 0 Å². The number of hydrogen-bond acceptors (Lipinski definition) is 3. The van der Waals surface area contributed by atoms with Crippen molar-refractivity contribution in [2.24, 2.45) is 0 Å². The quantitative estimate of drug-likeness (QED) is 0.873. The third-order valence-corrected chi connectivity index (χ3v) is 4.18. The van der Waals surface area contributed by atoms with Gasteiger partial charge in [-0.15, -0.1) is 0 Å². The van der Waals surface area contributed by atoms with Crippen LogP contribution in [0.3, 0.4) is 0 Å². The van der Waals surface area contributed by atoms with E-state index in [1.807, 2.05) is 25.2 Å². The molecule has 1 aliphatic rings. The number of hydrogen-bond donors (Lipinski definition) is 1. The Balaban J connectivity index is 2.07. The molecular formula is C14H20BrNO2. The predicted molar refractivity (Wildman–Crippen MR) is 76.4 cm³/mol. The number of methoxy groups -OCH3 is 1. The second-order valence-electron chi connectivity index (χ2n) is 4.79. The fraction of sp³-hybridized carbons (Fsp3) is 0.571. The second kappa shape index (κ2) is 5.93. The van der Waals surface area contributed by atoms with Crippen molar-refractivity contribution in [2.75, 3.05) is 20.7 Å². The Morgan fingerprint density at radius 3 is 2.67 bits per heavy atom. The van der Waals surface area contributed by atoms with Crippen LogP contribution >= 0.6 is 15.9 Å². The number of ether oxygens (including phenoxy) is 2. The average molecular weight is 314 g/mol. The van der Waals surface area contributed by atoms with Gasteiger partial charge in [-0.3, -0.25) is 0 Å². The third-order valence-electron chi connectivity index (χ3n) is 3.56. The summed E-state index contributed by atoms with van der Waals surface area (Å²) in [6, 6.07) is 5.85. The number of benzene rings is 1. The van der Waals surface area contributed by atoms with Gasteiger partial charge in [0.05, 0.1) is 11.6 Å². The van der Waals surface area contributed by atoms with E-state index >= 15 is 0 Å². The Kier molecular flexibility index (Phi) is 4.51. The first-order valence-corrected chi connectivity index (χ1v) is 7.15. The maximum atomic E-state index is 6.23. The standard InChI is InChI=1S/C14H20BrNO2/c1-16-9-8-14(6-3-7-14)18-13-5-4-11(17-2)10-12(13)15/h4-5,10,16H,3,6-9H2,1-2H3. The van der Waals surface area contributed by atoms with Crippen LogP contribution in [0.5, 0.6) is 11.5 Å². The van der Waals surface area contributed by atoms with E-state index in [0.29, 0.717) is 0 Å². The highest BCUT2D eigenvalue weighted by molar-refractivity contribution is 9.10. The van der Waals surface area contributed by atoms with Crippen LogP contribution < -0.4 is 14.8 Å². The molecule has 2 rings (SSSR count). The zero-order valence-electron chi connectivity index (χ0n) is 11.0. The molecule has 0 unspecified atom stereocenters. The van der Waals surface area contributed by atoms with E-state index in [-0.39, 0.29) is 5.60 Å². The molecule has 0 spiro atoms. The normalized spacial score (nSPS) is 17.1. The van der Waals surface area contributed by atoms with Crippen LogP contribution in [0.1, 0.15) is 25.7 Å². The van der Waals surface area contributed by atoms with Gasteiger partial charge in [0, 0.05) is 0 Å². The highest BCUT2D eigenvalue weighted by Gasteiger charge is 2.39. The van der Waals surface area contributed by atoms with E-state index in [1.165, 1.54) is 6.42 Å². The van der Waals surface area contributed by atoms with Gasteiger partial charge in [0.25, 0.3) is 0 Å². The lowest BCUT2D eigenvalue weighted by molar-refractivity contribution is -0.0145. The van der Waals surface area contributed by atoms with E-state index in [4.69, 9.17) is 9.47 Å². The van der Waals surface area contributed by atoms with Crippen molar-refractivity contribution < 1.29 is 9.47 Å². The highest BCUT2D eigenvalue weighted by Crippen LogP contribution is 2.41. The van der Waals surface area contributed by atoms with Crippen molar-refractivity contribution >= 4 is 15.9 Å². The summed E-state index contributed by atoms with van der Waals surface area (Å²) in [5.41, 5.74) is 0.0279. The Morgan fingerprint density at radius 1 is 1.39 bits per heavy atom. The summed E-state index contributed by atoms with van der Waals surface area (Å²) in [6.07, 6.45) is 4.61. The Labute approximate surface area is 117 Å². The molecule has 0 aromatic heterocycles. The average Bonchev–Trinajstić information content (AvgIpc) is 2.34. The molecule has 1 fully saturated rings. The SMILES string of the molecule is CNCCC1(Oc2ccc(OC)cc2Br)CCC1. The Hall–Kier alpha value is -0.740. The lowest BCUT2D eigenvalue weighted by Gasteiger charge is -2.42. The largest absolute Gasteiger partial charge is 0.497 e. The van der Waals surface area contributed by atoms with Crippen LogP contribution in [0.25, 0.3) is 0 Å². The summed E-state index contributed by atoms with van der Waals surface area (Å²) >= 11 is 3.54. The van der Waals surface area contributed by atoms with Gasteiger partial charge in [-0.1, -0.05) is 0 Å². The molecule has 0 saturated heterocycles. The maximum absolute atomic E-state index is 6.23. The summed E-state index contributed by atoms with van der Waals surface area (Å²) in [6.45, 7) is 0.994. The van der Waals surface area contributed by atoms with Crippen molar-refractivity contribution in [3.05, 3.63) is 22.7 Å². The third kappa shape index (κ3) is 2.98. The molecule has 1 saturated carbocycles. The van der Waals surface area contributed by atoms with Crippen LogP contribution in [-0.2, 0) is 0 Å². The van der Waals surface area contributed by atoms with Gasteiger partial charge in [0.2, 0.25) is 0 Å². The van der Waals surface area contributed by atoms with Crippen molar-refractivity contribution in [1.82, 2.24) is 5.32 Å². The van der Waals surface area contributed by atoms with Gasteiger partial charge >= 0.3 is 0 Å².